The smallest absolute Gasteiger partial charge is 0.212 e. The first-order valence-electron chi connectivity index (χ1n) is 25.3. The number of aromatic nitrogens is 8. The van der Waals surface area contributed by atoms with Gasteiger partial charge in [0, 0.05) is 92.1 Å². The minimum absolute atomic E-state index is 0.263. The third-order valence-electron chi connectivity index (χ3n) is 8.77. The molecule has 71 heavy (non-hydrogen) atoms. The topological polar surface area (TPSA) is 145 Å². The Balaban J connectivity index is 0.000000414. The van der Waals surface area contributed by atoms with E-state index in [9.17, 15) is 0 Å². The molecule has 0 unspecified atom stereocenters. The quantitative estimate of drug-likeness (QED) is 0.169. The van der Waals surface area contributed by atoms with Crippen molar-refractivity contribution < 1.29 is 9.52 Å². The van der Waals surface area contributed by atoms with Gasteiger partial charge in [0.15, 0.2) is 0 Å². The second-order valence-corrected chi connectivity index (χ2v) is 26.9. The first-order valence-corrected chi connectivity index (χ1v) is 25.3. The van der Waals surface area contributed by atoms with Crippen molar-refractivity contribution in [3.8, 4) is 0 Å². The van der Waals surface area contributed by atoms with Crippen LogP contribution in [0.2, 0.25) is 0 Å². The van der Waals surface area contributed by atoms with Crippen LogP contribution in [0.4, 0.5) is 0 Å². The van der Waals surface area contributed by atoms with Crippen molar-refractivity contribution in [2.75, 3.05) is 13.1 Å². The van der Waals surface area contributed by atoms with E-state index in [0.29, 0.717) is 32.5 Å². The van der Waals surface area contributed by atoms with Crippen molar-refractivity contribution in [2.45, 2.75) is 197 Å². The van der Waals surface area contributed by atoms with Gasteiger partial charge in [0.25, 0.3) is 0 Å². The van der Waals surface area contributed by atoms with Crippen LogP contribution in [0.5, 0.6) is 0 Å². The highest BCUT2D eigenvalue weighted by Gasteiger charge is 2.20. The van der Waals surface area contributed by atoms with Gasteiger partial charge in [-0.1, -0.05) is 157 Å². The Labute approximate surface area is 431 Å². The summed E-state index contributed by atoms with van der Waals surface area (Å²) in [7, 11) is 0. The molecule has 0 fully saturated rings. The molecule has 3 aliphatic heterocycles. The molecule has 15 nitrogen and oxygen atoms in total. The standard InChI is InChI=1S/C9H15NO.C9H15N.3C8H14N2.C7H14N3.C7H13N3/c1-7-5-8(10-11-7)6-9(2,3)4;1-9(2,3)8-10-6-4-5-7-10;1-8(2,3)6-7-4-5-9-10-7;2*1-8(2,3)7-10-6-4-5-9-10;1-7(2,3)6-10-5-4-8-9-10;1-7(2,3)6-10-8-4-5-9-10/h1,5-6H2,2-4H3;4-7H,8H2,1-3H3;5H,4,6H2,1-3H3;2*4-6H,7H2,1-3H3;5H,4,6H2,1-3H3;4-5H,6H2,1-3H3/q;;;;;+1;. The molecule has 0 bridgehead atoms. The Morgan fingerprint density at radius 3 is 1.35 bits per heavy atom. The van der Waals surface area contributed by atoms with E-state index in [1.54, 1.807) is 17.2 Å². The van der Waals surface area contributed by atoms with Crippen molar-refractivity contribution in [2.24, 2.45) is 63.6 Å². The molecular weight excluding hydrogens is 885 g/mol. The highest BCUT2D eigenvalue weighted by molar-refractivity contribution is 5.98. The van der Waals surface area contributed by atoms with Gasteiger partial charge in [-0.25, -0.2) is 0 Å². The molecule has 4 aromatic rings. The molecule has 0 saturated carbocycles. The largest absolute Gasteiger partial charge is 0.362 e. The second kappa shape index (κ2) is 29.2. The van der Waals surface area contributed by atoms with Crippen LogP contribution < -0.4 is 0 Å². The molecule has 0 aromatic carbocycles. The summed E-state index contributed by atoms with van der Waals surface area (Å²) < 4.78 is 8.03. The minimum atomic E-state index is 0.263. The highest BCUT2D eigenvalue weighted by atomic mass is 16.6. The van der Waals surface area contributed by atoms with Gasteiger partial charge in [-0.05, 0) is 69.6 Å². The van der Waals surface area contributed by atoms with E-state index in [2.05, 4.69) is 227 Å². The molecule has 3 aliphatic rings. The molecule has 7 heterocycles. The fraction of sp³-hybridized carbons (Fsp3) is 0.679. The maximum atomic E-state index is 4.90. The maximum Gasteiger partial charge on any atom is 0.212 e. The summed E-state index contributed by atoms with van der Waals surface area (Å²) >= 11 is 0. The number of hydrogen-bond acceptors (Lipinski definition) is 10. The third kappa shape index (κ3) is 39.0. The summed E-state index contributed by atoms with van der Waals surface area (Å²) in [6.45, 7) is 55.6. The van der Waals surface area contributed by atoms with Gasteiger partial charge in [-0.2, -0.15) is 35.4 Å². The van der Waals surface area contributed by atoms with Gasteiger partial charge in [0.1, 0.15) is 23.7 Å². The molecule has 398 valence electrons. The van der Waals surface area contributed by atoms with Crippen LogP contribution in [0.25, 0.3) is 0 Å². The molecule has 0 amide bonds. The minimum Gasteiger partial charge on any atom is -0.362 e. The molecule has 0 atom stereocenters. The van der Waals surface area contributed by atoms with Gasteiger partial charge >= 0.3 is 0 Å². The first kappa shape index (κ1) is 63.7. The Bertz CT molecular complexity index is 1970. The van der Waals surface area contributed by atoms with Crippen LogP contribution in [0, 0.1) is 37.9 Å². The van der Waals surface area contributed by atoms with Crippen LogP contribution in [-0.4, -0.2) is 80.7 Å². The zero-order valence-corrected chi connectivity index (χ0v) is 48.5. The lowest BCUT2D eigenvalue weighted by molar-refractivity contribution is -0.544. The van der Waals surface area contributed by atoms with E-state index in [4.69, 9.17) is 4.84 Å². The zero-order valence-electron chi connectivity index (χ0n) is 48.5. The Kier molecular flexibility index (Phi) is 26.2. The maximum absolute atomic E-state index is 4.90. The summed E-state index contributed by atoms with van der Waals surface area (Å²) in [4.78, 5) is 6.61. The molecule has 0 radical (unpaired) electrons. The van der Waals surface area contributed by atoms with Gasteiger partial charge < -0.3 is 9.40 Å². The first-order chi connectivity index (χ1) is 32.4. The predicted octanol–water partition coefficient (Wildman–Crippen LogP) is 14.2. The second-order valence-electron chi connectivity index (χ2n) is 26.9. The lowest BCUT2D eigenvalue weighted by atomic mass is 9.89. The molecule has 0 aliphatic carbocycles. The lowest BCUT2D eigenvalue weighted by Gasteiger charge is -2.18. The SMILES string of the molecule is C=C1CC(CC(C)(C)C)=NO1.CC(C)(C)CC1=NN=CC1.CC(C)(C)C[N+]1=CCN=N1.CC(C)(C)Cn1cccc1.CC(C)(C)Cn1cccn1.CC(C)(C)Cn1cccn1.CC(C)(C)Cn1nccn1. The van der Waals surface area contributed by atoms with E-state index in [-0.39, 0.29) is 5.41 Å². The summed E-state index contributed by atoms with van der Waals surface area (Å²) in [6, 6.07) is 8.02. The van der Waals surface area contributed by atoms with E-state index in [1.807, 2.05) is 63.4 Å². The predicted molar refractivity (Wildman–Crippen MR) is 298 cm³/mol. The molecule has 0 saturated heterocycles. The number of nitrogens with zero attached hydrogens (tertiary/aromatic N) is 14. The van der Waals surface area contributed by atoms with Crippen molar-refractivity contribution in [3.63, 3.8) is 0 Å². The van der Waals surface area contributed by atoms with E-state index in [0.717, 1.165) is 76.4 Å². The molecule has 7 rings (SSSR count). The summed E-state index contributed by atoms with van der Waals surface area (Å²) in [5, 5.41) is 35.8. The zero-order chi connectivity index (χ0) is 54.2. The van der Waals surface area contributed by atoms with Crippen LogP contribution in [0.15, 0.2) is 112 Å². The van der Waals surface area contributed by atoms with Gasteiger partial charge in [-0.3, -0.25) is 9.36 Å². The molecule has 0 spiro atoms. The number of rotatable bonds is 7. The van der Waals surface area contributed by atoms with Gasteiger partial charge in [0.2, 0.25) is 6.54 Å². The molecule has 4 aromatic heterocycles. The lowest BCUT2D eigenvalue weighted by Crippen LogP contribution is -2.20. The fourth-order valence-corrected chi connectivity index (χ4v) is 6.56. The van der Waals surface area contributed by atoms with Crippen LogP contribution >= 0.6 is 0 Å². The van der Waals surface area contributed by atoms with Gasteiger partial charge in [-0.15, -0.1) is 4.68 Å². The number of allylic oxidation sites excluding steroid dienone is 1. The summed E-state index contributed by atoms with van der Waals surface area (Å²) in [5.41, 5.74) is 4.59. The Morgan fingerprint density at radius 1 is 0.535 bits per heavy atom. The highest BCUT2D eigenvalue weighted by Crippen LogP contribution is 2.25. The van der Waals surface area contributed by atoms with Crippen molar-refractivity contribution >= 4 is 23.9 Å². The molecule has 15 heteroatoms. The van der Waals surface area contributed by atoms with Gasteiger partial charge in [0.05, 0.1) is 24.7 Å². The van der Waals surface area contributed by atoms with Crippen molar-refractivity contribution in [1.82, 2.24) is 39.1 Å². The van der Waals surface area contributed by atoms with Crippen LogP contribution in [0.3, 0.4) is 0 Å². The monoisotopic (exact) mass is 984 g/mol. The van der Waals surface area contributed by atoms with Crippen LogP contribution in [0.1, 0.15) is 171 Å². The van der Waals surface area contributed by atoms with Crippen molar-refractivity contribution in [1.29, 1.82) is 0 Å². The van der Waals surface area contributed by atoms with Crippen molar-refractivity contribution in [3.05, 3.63) is 86.2 Å². The summed E-state index contributed by atoms with van der Waals surface area (Å²) in [6.07, 6.45) is 22.9. The Hall–Kier alpha value is -5.34. The fourth-order valence-electron chi connectivity index (χ4n) is 6.56. The Morgan fingerprint density at radius 2 is 1.01 bits per heavy atom. The van der Waals surface area contributed by atoms with E-state index in [1.165, 1.54) is 5.71 Å². The molecule has 0 N–H and O–H groups in total. The normalized spacial score (nSPS) is 14.5. The van der Waals surface area contributed by atoms with Crippen LogP contribution in [-0.2, 0) is 31.0 Å². The molecular formula is C56H99N14O+. The third-order valence-corrected chi connectivity index (χ3v) is 8.77. The number of hydrogen-bond donors (Lipinski definition) is 0. The average Bonchev–Trinajstić information content (AvgIpc) is 4.01. The average molecular weight is 985 g/mol. The van der Waals surface area contributed by atoms with E-state index >= 15 is 0 Å². The number of oxime groups is 1. The van der Waals surface area contributed by atoms with E-state index < -0.39 is 0 Å². The summed E-state index contributed by atoms with van der Waals surface area (Å²) in [5.74, 6) is 0.768.